The van der Waals surface area contributed by atoms with Gasteiger partial charge in [-0.2, -0.15) is 0 Å². The summed E-state index contributed by atoms with van der Waals surface area (Å²) in [5.74, 6) is 0.446. The Morgan fingerprint density at radius 3 is 2.55 bits per heavy atom. The normalized spacial score (nSPS) is 10.2. The highest BCUT2D eigenvalue weighted by Crippen LogP contribution is 2.28. The SMILES string of the molecule is COc1ccc(Br)c(NC(=O)c2ccc(N)c(Br)c2)c1. The van der Waals surface area contributed by atoms with Gasteiger partial charge in [0, 0.05) is 26.3 Å². The van der Waals surface area contributed by atoms with E-state index in [1.807, 2.05) is 6.07 Å². The zero-order valence-corrected chi connectivity index (χ0v) is 13.8. The van der Waals surface area contributed by atoms with Crippen molar-refractivity contribution in [2.75, 3.05) is 18.2 Å². The first kappa shape index (κ1) is 14.9. The molecule has 2 aromatic carbocycles. The van der Waals surface area contributed by atoms with Crippen LogP contribution in [-0.4, -0.2) is 13.0 Å². The largest absolute Gasteiger partial charge is 0.497 e. The van der Waals surface area contributed by atoms with Crippen LogP contribution in [0.5, 0.6) is 5.75 Å². The standard InChI is InChI=1S/C14H12Br2N2O2/c1-20-9-3-4-10(15)13(7-9)18-14(19)8-2-5-12(17)11(16)6-8/h2-7H,17H2,1H3,(H,18,19). The number of carbonyl (C=O) groups is 1. The molecule has 20 heavy (non-hydrogen) atoms. The third-order valence-electron chi connectivity index (χ3n) is 2.68. The van der Waals surface area contributed by atoms with Crippen molar-refractivity contribution >= 4 is 49.1 Å². The molecule has 0 fully saturated rings. The second kappa shape index (κ2) is 6.28. The van der Waals surface area contributed by atoms with Gasteiger partial charge in [-0.1, -0.05) is 0 Å². The minimum atomic E-state index is -0.223. The molecule has 104 valence electrons. The fourth-order valence-corrected chi connectivity index (χ4v) is 2.31. The molecule has 0 spiro atoms. The van der Waals surface area contributed by atoms with E-state index in [0.717, 1.165) is 4.47 Å². The first-order valence-corrected chi connectivity index (χ1v) is 7.30. The molecule has 6 heteroatoms. The summed E-state index contributed by atoms with van der Waals surface area (Å²) in [6.45, 7) is 0. The number of nitrogens with two attached hydrogens (primary N) is 1. The number of methoxy groups -OCH3 is 1. The van der Waals surface area contributed by atoms with Crippen molar-refractivity contribution in [2.45, 2.75) is 0 Å². The van der Waals surface area contributed by atoms with E-state index in [9.17, 15) is 4.79 Å². The highest BCUT2D eigenvalue weighted by Gasteiger charge is 2.10. The van der Waals surface area contributed by atoms with Gasteiger partial charge in [0.2, 0.25) is 0 Å². The first-order chi connectivity index (χ1) is 9.51. The number of hydrogen-bond donors (Lipinski definition) is 2. The number of benzene rings is 2. The van der Waals surface area contributed by atoms with Gasteiger partial charge in [-0.3, -0.25) is 4.79 Å². The second-order valence-electron chi connectivity index (χ2n) is 4.04. The number of carbonyl (C=O) groups excluding carboxylic acids is 1. The lowest BCUT2D eigenvalue weighted by atomic mass is 10.2. The third-order valence-corrected chi connectivity index (χ3v) is 4.06. The number of rotatable bonds is 3. The maximum atomic E-state index is 12.2. The van der Waals surface area contributed by atoms with Gasteiger partial charge in [0.05, 0.1) is 12.8 Å². The maximum absolute atomic E-state index is 12.2. The number of nitrogens with one attached hydrogen (secondary N) is 1. The van der Waals surface area contributed by atoms with Gasteiger partial charge in [-0.15, -0.1) is 0 Å². The van der Waals surface area contributed by atoms with E-state index in [2.05, 4.69) is 37.2 Å². The van der Waals surface area contributed by atoms with Crippen LogP contribution in [0.25, 0.3) is 0 Å². The van der Waals surface area contributed by atoms with Gasteiger partial charge in [0.1, 0.15) is 5.75 Å². The lowest BCUT2D eigenvalue weighted by Crippen LogP contribution is -2.12. The van der Waals surface area contributed by atoms with Gasteiger partial charge >= 0.3 is 0 Å². The molecule has 2 aromatic rings. The van der Waals surface area contributed by atoms with Crippen molar-refractivity contribution in [1.29, 1.82) is 0 Å². The molecule has 2 rings (SSSR count). The van der Waals surface area contributed by atoms with Crippen LogP contribution >= 0.6 is 31.9 Å². The predicted octanol–water partition coefficient (Wildman–Crippen LogP) is 4.05. The highest BCUT2D eigenvalue weighted by molar-refractivity contribution is 9.11. The van der Waals surface area contributed by atoms with Crippen LogP contribution < -0.4 is 15.8 Å². The molecule has 0 heterocycles. The first-order valence-electron chi connectivity index (χ1n) is 5.71. The quantitative estimate of drug-likeness (QED) is 0.765. The predicted molar refractivity (Wildman–Crippen MR) is 87.2 cm³/mol. The average Bonchev–Trinajstić information content (AvgIpc) is 2.44. The third kappa shape index (κ3) is 3.32. The van der Waals surface area contributed by atoms with Gasteiger partial charge in [-0.05, 0) is 62.2 Å². The topological polar surface area (TPSA) is 64.3 Å². The van der Waals surface area contributed by atoms with Crippen molar-refractivity contribution in [1.82, 2.24) is 0 Å². The molecule has 0 aromatic heterocycles. The van der Waals surface area contributed by atoms with E-state index < -0.39 is 0 Å². The Kier molecular flexibility index (Phi) is 4.67. The Hall–Kier alpha value is -1.53. The van der Waals surface area contributed by atoms with Crippen molar-refractivity contribution in [3.05, 3.63) is 50.9 Å². The zero-order valence-electron chi connectivity index (χ0n) is 10.6. The Bertz CT molecular complexity index is 660. The Balaban J connectivity index is 2.25. The average molecular weight is 400 g/mol. The smallest absolute Gasteiger partial charge is 0.255 e. The molecule has 0 aliphatic heterocycles. The zero-order chi connectivity index (χ0) is 14.7. The van der Waals surface area contributed by atoms with Crippen LogP contribution in [0.1, 0.15) is 10.4 Å². The van der Waals surface area contributed by atoms with Crippen molar-refractivity contribution in [3.8, 4) is 5.75 Å². The lowest BCUT2D eigenvalue weighted by molar-refractivity contribution is 0.102. The molecule has 0 aliphatic rings. The van der Waals surface area contributed by atoms with E-state index in [0.29, 0.717) is 27.2 Å². The number of nitrogen functional groups attached to an aromatic ring is 1. The number of anilines is 2. The molecule has 0 aliphatic carbocycles. The number of hydrogen-bond acceptors (Lipinski definition) is 3. The molecule has 0 radical (unpaired) electrons. The summed E-state index contributed by atoms with van der Waals surface area (Å²) in [5, 5.41) is 2.82. The van der Waals surface area contributed by atoms with Crippen LogP contribution in [0.15, 0.2) is 45.3 Å². The molecule has 0 saturated carbocycles. The molecule has 4 nitrogen and oxygen atoms in total. The van der Waals surface area contributed by atoms with Crippen LogP contribution in [0.4, 0.5) is 11.4 Å². The van der Waals surface area contributed by atoms with E-state index in [1.54, 1.807) is 37.4 Å². The second-order valence-corrected chi connectivity index (χ2v) is 5.74. The van der Waals surface area contributed by atoms with E-state index in [-0.39, 0.29) is 5.91 Å². The van der Waals surface area contributed by atoms with E-state index >= 15 is 0 Å². The molecule has 0 unspecified atom stereocenters. The molecular weight excluding hydrogens is 388 g/mol. The minimum Gasteiger partial charge on any atom is -0.497 e. The minimum absolute atomic E-state index is 0.223. The molecular formula is C14H12Br2N2O2. The fourth-order valence-electron chi connectivity index (χ4n) is 1.59. The summed E-state index contributed by atoms with van der Waals surface area (Å²) in [5.41, 5.74) is 7.44. The summed E-state index contributed by atoms with van der Waals surface area (Å²) < 4.78 is 6.60. The summed E-state index contributed by atoms with van der Waals surface area (Å²) in [4.78, 5) is 12.2. The van der Waals surface area contributed by atoms with Gasteiger partial charge in [0.25, 0.3) is 5.91 Å². The molecule has 3 N–H and O–H groups in total. The van der Waals surface area contributed by atoms with Crippen LogP contribution in [0.2, 0.25) is 0 Å². The van der Waals surface area contributed by atoms with Crippen molar-refractivity contribution in [2.24, 2.45) is 0 Å². The number of ether oxygens (including phenoxy) is 1. The molecule has 0 atom stereocenters. The van der Waals surface area contributed by atoms with E-state index in [4.69, 9.17) is 10.5 Å². The van der Waals surface area contributed by atoms with Crippen molar-refractivity contribution in [3.63, 3.8) is 0 Å². The van der Waals surface area contributed by atoms with Crippen LogP contribution in [0.3, 0.4) is 0 Å². The van der Waals surface area contributed by atoms with E-state index in [1.165, 1.54) is 0 Å². The van der Waals surface area contributed by atoms with Crippen LogP contribution in [0, 0.1) is 0 Å². The number of halogens is 2. The Labute approximate surface area is 133 Å². The summed E-state index contributed by atoms with van der Waals surface area (Å²) >= 11 is 6.69. The highest BCUT2D eigenvalue weighted by atomic mass is 79.9. The molecule has 0 saturated heterocycles. The van der Waals surface area contributed by atoms with Crippen LogP contribution in [-0.2, 0) is 0 Å². The summed E-state index contributed by atoms with van der Waals surface area (Å²) in [6.07, 6.45) is 0. The monoisotopic (exact) mass is 398 g/mol. The Morgan fingerprint density at radius 2 is 1.90 bits per heavy atom. The summed E-state index contributed by atoms with van der Waals surface area (Å²) in [6, 6.07) is 10.4. The maximum Gasteiger partial charge on any atom is 0.255 e. The van der Waals surface area contributed by atoms with Gasteiger partial charge in [-0.25, -0.2) is 0 Å². The fraction of sp³-hybridized carbons (Fsp3) is 0.0714. The van der Waals surface area contributed by atoms with Gasteiger partial charge < -0.3 is 15.8 Å². The lowest BCUT2D eigenvalue weighted by Gasteiger charge is -2.10. The number of amides is 1. The molecule has 1 amide bonds. The van der Waals surface area contributed by atoms with Gasteiger partial charge in [0.15, 0.2) is 0 Å². The molecule has 0 bridgehead atoms. The van der Waals surface area contributed by atoms with Crippen molar-refractivity contribution < 1.29 is 9.53 Å². The Morgan fingerprint density at radius 1 is 1.15 bits per heavy atom. The summed E-state index contributed by atoms with van der Waals surface area (Å²) in [7, 11) is 1.58.